The Kier molecular flexibility index (Phi) is 8.31. The van der Waals surface area contributed by atoms with Gasteiger partial charge in [0.2, 0.25) is 0 Å². The largest absolute Gasteiger partial charge is 0.373 e. The number of unbranched alkanes of at least 4 members (excludes halogenated alkanes) is 2. The van der Waals surface area contributed by atoms with Gasteiger partial charge in [0, 0.05) is 0 Å². The van der Waals surface area contributed by atoms with Crippen LogP contribution in [0.25, 0.3) is 0 Å². The van der Waals surface area contributed by atoms with Gasteiger partial charge in [-0.1, -0.05) is 51.7 Å². The van der Waals surface area contributed by atoms with Crippen molar-refractivity contribution in [2.45, 2.75) is 84.2 Å². The number of rotatable bonds is 9. The van der Waals surface area contributed by atoms with Gasteiger partial charge in [-0.25, -0.2) is 4.79 Å². The molecular weight excluding hydrogens is 300 g/mol. The summed E-state index contributed by atoms with van der Waals surface area (Å²) < 4.78 is 0. The minimum Gasteiger partial charge on any atom is -0.293 e. The molecule has 0 atom stereocenters. The highest BCUT2D eigenvalue weighted by Gasteiger charge is 2.23. The summed E-state index contributed by atoms with van der Waals surface area (Å²) in [6, 6.07) is 7.67. The van der Waals surface area contributed by atoms with Crippen molar-refractivity contribution >= 4 is 5.97 Å². The molecule has 0 radical (unpaired) electrons. The molecule has 0 aromatic heterocycles. The zero-order chi connectivity index (χ0) is 17.2. The Labute approximate surface area is 146 Å². The zero-order valence-corrected chi connectivity index (χ0v) is 15.3. The lowest BCUT2D eigenvalue weighted by Gasteiger charge is -2.27. The van der Waals surface area contributed by atoms with E-state index in [-0.39, 0.29) is 12.1 Å². The smallest absolute Gasteiger partial charge is 0.293 e. The van der Waals surface area contributed by atoms with E-state index >= 15 is 0 Å². The van der Waals surface area contributed by atoms with Gasteiger partial charge in [0.15, 0.2) is 0 Å². The summed E-state index contributed by atoms with van der Waals surface area (Å²) >= 11 is 0. The van der Waals surface area contributed by atoms with E-state index in [4.69, 9.17) is 9.78 Å². The summed E-state index contributed by atoms with van der Waals surface area (Å²) in [6.45, 7) is 4.42. The molecule has 0 heterocycles. The Morgan fingerprint density at radius 3 is 2.29 bits per heavy atom. The first-order valence-corrected chi connectivity index (χ1v) is 9.69. The number of hydrogen-bond donors (Lipinski definition) is 0. The normalized spacial score (nSPS) is 20.8. The molecule has 2 rings (SSSR count). The minimum absolute atomic E-state index is 0.0654. The quantitative estimate of drug-likeness (QED) is 0.419. The van der Waals surface area contributed by atoms with Crippen LogP contribution in [0.2, 0.25) is 0 Å². The third-order valence-electron chi connectivity index (χ3n) is 5.03. The van der Waals surface area contributed by atoms with Gasteiger partial charge in [-0.05, 0) is 62.1 Å². The Bertz CT molecular complexity index is 472. The third-order valence-corrected chi connectivity index (χ3v) is 5.03. The van der Waals surface area contributed by atoms with E-state index in [1.807, 2.05) is 24.3 Å². The average Bonchev–Trinajstić information content (AvgIpc) is 2.64. The molecule has 0 bridgehead atoms. The predicted octanol–water partition coefficient (Wildman–Crippen LogP) is 5.87. The van der Waals surface area contributed by atoms with Crippen molar-refractivity contribution in [1.82, 2.24) is 0 Å². The van der Waals surface area contributed by atoms with E-state index in [0.29, 0.717) is 5.56 Å². The van der Waals surface area contributed by atoms with Gasteiger partial charge in [0.1, 0.15) is 6.10 Å². The van der Waals surface area contributed by atoms with Crippen LogP contribution in [0.3, 0.4) is 0 Å². The van der Waals surface area contributed by atoms with Crippen LogP contribution in [0, 0.1) is 5.92 Å². The van der Waals surface area contributed by atoms with Gasteiger partial charge in [0.05, 0.1) is 5.56 Å². The van der Waals surface area contributed by atoms with Gasteiger partial charge in [-0.2, -0.15) is 4.89 Å². The maximum absolute atomic E-state index is 12.1. The average molecular weight is 332 g/mol. The maximum Gasteiger partial charge on any atom is 0.373 e. The maximum atomic E-state index is 12.1. The first kappa shape index (κ1) is 19.0. The molecule has 24 heavy (non-hydrogen) atoms. The summed E-state index contributed by atoms with van der Waals surface area (Å²) in [5, 5.41) is 0. The molecule has 0 aliphatic heterocycles. The fraction of sp³-hybridized carbons (Fsp3) is 0.667. The standard InChI is InChI=1S/C21H32O3/c1-3-5-7-17-9-13-19(14-10-17)21(22)24-23-20-15-11-18(12-16-20)8-6-4-2/h9-10,13-14,18,20H,3-8,11-12,15-16H2,1-2H3. The molecule has 134 valence electrons. The van der Waals surface area contributed by atoms with E-state index in [0.717, 1.165) is 25.2 Å². The number of carbonyl (C=O) groups excluding carboxylic acids is 1. The molecule has 0 N–H and O–H groups in total. The molecule has 1 saturated carbocycles. The molecule has 0 amide bonds. The summed E-state index contributed by atoms with van der Waals surface area (Å²) in [7, 11) is 0. The van der Waals surface area contributed by atoms with Crippen LogP contribution in [0.15, 0.2) is 24.3 Å². The van der Waals surface area contributed by atoms with Gasteiger partial charge in [0.25, 0.3) is 0 Å². The number of carbonyl (C=O) groups is 1. The van der Waals surface area contributed by atoms with E-state index < -0.39 is 0 Å². The monoisotopic (exact) mass is 332 g/mol. The first-order chi connectivity index (χ1) is 11.7. The topological polar surface area (TPSA) is 35.5 Å². The molecule has 3 nitrogen and oxygen atoms in total. The number of aryl methyl sites for hydroxylation is 1. The van der Waals surface area contributed by atoms with Crippen LogP contribution in [0.4, 0.5) is 0 Å². The second-order valence-electron chi connectivity index (χ2n) is 7.05. The van der Waals surface area contributed by atoms with Crippen LogP contribution in [0.5, 0.6) is 0 Å². The summed E-state index contributed by atoms with van der Waals surface area (Å²) in [5.74, 6) is 0.446. The van der Waals surface area contributed by atoms with Gasteiger partial charge in [-0.3, -0.25) is 4.89 Å². The lowest BCUT2D eigenvalue weighted by molar-refractivity contribution is -0.280. The Morgan fingerprint density at radius 2 is 1.67 bits per heavy atom. The van der Waals surface area contributed by atoms with E-state index in [2.05, 4.69) is 13.8 Å². The van der Waals surface area contributed by atoms with Crippen LogP contribution in [-0.2, 0) is 16.2 Å². The Morgan fingerprint density at radius 1 is 1.00 bits per heavy atom. The Balaban J connectivity index is 1.69. The highest BCUT2D eigenvalue weighted by Crippen LogP contribution is 2.30. The summed E-state index contributed by atoms with van der Waals surface area (Å²) in [4.78, 5) is 22.5. The van der Waals surface area contributed by atoms with Crippen molar-refractivity contribution in [3.05, 3.63) is 35.4 Å². The van der Waals surface area contributed by atoms with Crippen LogP contribution < -0.4 is 0 Å². The molecular formula is C21H32O3. The number of benzene rings is 1. The molecule has 1 aromatic rings. The molecule has 1 aromatic carbocycles. The molecule has 1 fully saturated rings. The van der Waals surface area contributed by atoms with Crippen molar-refractivity contribution in [3.8, 4) is 0 Å². The lowest BCUT2D eigenvalue weighted by Crippen LogP contribution is -2.23. The second-order valence-corrected chi connectivity index (χ2v) is 7.05. The lowest BCUT2D eigenvalue weighted by atomic mass is 9.84. The van der Waals surface area contributed by atoms with Gasteiger partial charge < -0.3 is 0 Å². The van der Waals surface area contributed by atoms with Crippen LogP contribution in [-0.4, -0.2) is 12.1 Å². The van der Waals surface area contributed by atoms with Crippen molar-refractivity contribution < 1.29 is 14.6 Å². The van der Waals surface area contributed by atoms with Crippen molar-refractivity contribution in [2.24, 2.45) is 5.92 Å². The van der Waals surface area contributed by atoms with Crippen molar-refractivity contribution in [3.63, 3.8) is 0 Å². The van der Waals surface area contributed by atoms with E-state index in [9.17, 15) is 4.79 Å². The molecule has 0 unspecified atom stereocenters. The predicted molar refractivity (Wildman–Crippen MR) is 96.8 cm³/mol. The fourth-order valence-electron chi connectivity index (χ4n) is 3.36. The van der Waals surface area contributed by atoms with Crippen molar-refractivity contribution in [1.29, 1.82) is 0 Å². The SMILES string of the molecule is CCCCc1ccc(C(=O)OOC2CCC(CCCC)CC2)cc1. The molecule has 0 saturated heterocycles. The highest BCUT2D eigenvalue weighted by molar-refractivity contribution is 5.88. The van der Waals surface area contributed by atoms with Gasteiger partial charge in [-0.15, -0.1) is 0 Å². The fourth-order valence-corrected chi connectivity index (χ4v) is 3.36. The Hall–Kier alpha value is -1.35. The molecule has 3 heteroatoms. The highest BCUT2D eigenvalue weighted by atomic mass is 17.2. The van der Waals surface area contributed by atoms with Gasteiger partial charge >= 0.3 is 5.97 Å². The second kappa shape index (κ2) is 10.5. The van der Waals surface area contributed by atoms with E-state index in [1.54, 1.807) is 0 Å². The van der Waals surface area contributed by atoms with Crippen LogP contribution >= 0.6 is 0 Å². The molecule has 0 spiro atoms. The summed E-state index contributed by atoms with van der Waals surface area (Å²) in [6.07, 6.45) is 11.8. The first-order valence-electron chi connectivity index (χ1n) is 9.69. The number of hydrogen-bond acceptors (Lipinski definition) is 3. The van der Waals surface area contributed by atoms with E-state index in [1.165, 1.54) is 50.5 Å². The van der Waals surface area contributed by atoms with Crippen LogP contribution in [0.1, 0.15) is 87.6 Å². The molecule has 1 aliphatic rings. The zero-order valence-electron chi connectivity index (χ0n) is 15.3. The third kappa shape index (κ3) is 6.27. The summed E-state index contributed by atoms with van der Waals surface area (Å²) in [5.41, 5.74) is 1.83. The molecule has 1 aliphatic carbocycles. The minimum atomic E-state index is -0.384. The van der Waals surface area contributed by atoms with Crippen molar-refractivity contribution in [2.75, 3.05) is 0 Å².